The number of aromatic nitrogens is 5. The van der Waals surface area contributed by atoms with Crippen molar-refractivity contribution in [2.75, 3.05) is 18.3 Å². The van der Waals surface area contributed by atoms with Crippen LogP contribution in [0.3, 0.4) is 0 Å². The molecule has 8 nitrogen and oxygen atoms in total. The fourth-order valence-corrected chi connectivity index (χ4v) is 3.30. The van der Waals surface area contributed by atoms with Crippen LogP contribution in [0, 0.1) is 0 Å². The van der Waals surface area contributed by atoms with Crippen molar-refractivity contribution >= 4 is 40.4 Å². The van der Waals surface area contributed by atoms with Crippen LogP contribution < -0.4 is 10.1 Å². The number of anilines is 1. The molecule has 0 fully saturated rings. The van der Waals surface area contributed by atoms with E-state index in [1.165, 1.54) is 10.7 Å². The van der Waals surface area contributed by atoms with Crippen LogP contribution in [0.15, 0.2) is 49.1 Å². The third kappa shape index (κ3) is 3.76. The van der Waals surface area contributed by atoms with Crippen molar-refractivity contribution in [2.45, 2.75) is 6.54 Å². The molecule has 4 aromatic rings. The minimum absolute atomic E-state index is 0.347. The van der Waals surface area contributed by atoms with Crippen LogP contribution in [-0.4, -0.2) is 43.3 Å². The van der Waals surface area contributed by atoms with Gasteiger partial charge in [-0.25, -0.2) is 9.50 Å². The molecule has 0 aliphatic heterocycles. The van der Waals surface area contributed by atoms with Gasteiger partial charge in [0.05, 0.1) is 25.5 Å². The summed E-state index contributed by atoms with van der Waals surface area (Å²) in [6.45, 7) is 0.478. The lowest BCUT2D eigenvalue weighted by atomic mass is 10.1. The number of aryl methyl sites for hydroxylation is 1. The lowest BCUT2D eigenvalue weighted by molar-refractivity contribution is 0.102. The number of nitrogens with zero attached hydrogens (tertiary/aromatic N) is 5. The SMILES string of the molecule is COc1ccc(Cl)cc1-c1nn(CCCl)cc1NC(=O)c1cnn2cccnc12. The molecule has 0 atom stereocenters. The van der Waals surface area contributed by atoms with Gasteiger partial charge in [-0.1, -0.05) is 11.6 Å². The summed E-state index contributed by atoms with van der Waals surface area (Å²) in [6, 6.07) is 6.95. The molecule has 0 aliphatic carbocycles. The molecule has 0 saturated heterocycles. The van der Waals surface area contributed by atoms with Crippen molar-refractivity contribution in [2.24, 2.45) is 0 Å². The number of fused-ring (bicyclic) bond motifs is 1. The van der Waals surface area contributed by atoms with E-state index in [0.29, 0.717) is 51.4 Å². The van der Waals surface area contributed by atoms with E-state index in [9.17, 15) is 4.79 Å². The maximum absolute atomic E-state index is 12.9. The standard InChI is InChI=1S/C19H16Cl2N6O2/c1-29-16-4-3-12(21)9-13(16)17-15(11-26(25-17)8-5-20)24-19(28)14-10-23-27-7-2-6-22-18(14)27/h2-4,6-7,9-11H,5,8H2,1H3,(H,24,28). The van der Waals surface area contributed by atoms with Gasteiger partial charge >= 0.3 is 0 Å². The van der Waals surface area contributed by atoms with E-state index < -0.39 is 0 Å². The molecule has 1 aromatic carbocycles. The molecule has 0 unspecified atom stereocenters. The number of hydrogen-bond donors (Lipinski definition) is 1. The second kappa shape index (κ2) is 8.10. The number of methoxy groups -OCH3 is 1. The van der Waals surface area contributed by atoms with Gasteiger partial charge in [-0.3, -0.25) is 9.48 Å². The lowest BCUT2D eigenvalue weighted by Crippen LogP contribution is -2.12. The molecule has 0 bridgehead atoms. The number of benzene rings is 1. The van der Waals surface area contributed by atoms with Crippen LogP contribution in [0.5, 0.6) is 5.75 Å². The summed E-state index contributed by atoms with van der Waals surface area (Å²) in [5.74, 6) is 0.601. The molecule has 0 aliphatic rings. The van der Waals surface area contributed by atoms with Gasteiger partial charge in [0.15, 0.2) is 5.65 Å². The Labute approximate surface area is 176 Å². The Kier molecular flexibility index (Phi) is 5.37. The van der Waals surface area contributed by atoms with Gasteiger partial charge in [-0.15, -0.1) is 11.6 Å². The summed E-state index contributed by atoms with van der Waals surface area (Å²) in [7, 11) is 1.56. The van der Waals surface area contributed by atoms with E-state index in [1.54, 1.807) is 54.6 Å². The van der Waals surface area contributed by atoms with Gasteiger partial charge in [0.2, 0.25) is 0 Å². The molecule has 0 radical (unpaired) electrons. The zero-order chi connectivity index (χ0) is 20.4. The third-order valence-electron chi connectivity index (χ3n) is 4.26. The predicted octanol–water partition coefficient (Wildman–Crippen LogP) is 3.75. The Balaban J connectivity index is 1.75. The Morgan fingerprint density at radius 3 is 3.00 bits per heavy atom. The van der Waals surface area contributed by atoms with Crippen LogP contribution in [0.1, 0.15) is 10.4 Å². The molecule has 1 N–H and O–H groups in total. The predicted molar refractivity (Wildman–Crippen MR) is 111 cm³/mol. The number of alkyl halides is 1. The van der Waals surface area contributed by atoms with E-state index in [1.807, 2.05) is 0 Å². The fourth-order valence-electron chi connectivity index (χ4n) is 2.96. The van der Waals surface area contributed by atoms with Gasteiger partial charge in [0, 0.05) is 35.1 Å². The molecule has 148 valence electrons. The van der Waals surface area contributed by atoms with Crippen molar-refractivity contribution in [3.05, 3.63) is 59.6 Å². The molecular weight excluding hydrogens is 415 g/mol. The van der Waals surface area contributed by atoms with E-state index in [0.717, 1.165) is 0 Å². The van der Waals surface area contributed by atoms with Gasteiger partial charge in [0.25, 0.3) is 5.91 Å². The molecule has 29 heavy (non-hydrogen) atoms. The monoisotopic (exact) mass is 430 g/mol. The van der Waals surface area contributed by atoms with Crippen molar-refractivity contribution in [1.29, 1.82) is 0 Å². The summed E-state index contributed by atoms with van der Waals surface area (Å²) in [5, 5.41) is 12.1. The highest BCUT2D eigenvalue weighted by Gasteiger charge is 2.20. The number of ether oxygens (including phenoxy) is 1. The smallest absolute Gasteiger partial charge is 0.261 e. The van der Waals surface area contributed by atoms with Gasteiger partial charge in [-0.2, -0.15) is 10.2 Å². The van der Waals surface area contributed by atoms with Crippen LogP contribution in [0.2, 0.25) is 5.02 Å². The number of amides is 1. The number of carbonyl (C=O) groups excluding carboxylic acids is 1. The summed E-state index contributed by atoms with van der Waals surface area (Å²) in [6.07, 6.45) is 6.52. The van der Waals surface area contributed by atoms with Crippen LogP contribution in [0.25, 0.3) is 16.9 Å². The van der Waals surface area contributed by atoms with E-state index in [-0.39, 0.29) is 5.91 Å². The zero-order valence-electron chi connectivity index (χ0n) is 15.3. The number of carbonyl (C=O) groups is 1. The quantitative estimate of drug-likeness (QED) is 0.470. The molecule has 3 heterocycles. The molecule has 0 spiro atoms. The first-order chi connectivity index (χ1) is 14.1. The Morgan fingerprint density at radius 2 is 2.21 bits per heavy atom. The summed E-state index contributed by atoms with van der Waals surface area (Å²) < 4.78 is 8.64. The second-order valence-electron chi connectivity index (χ2n) is 6.09. The van der Waals surface area contributed by atoms with Gasteiger partial charge < -0.3 is 10.1 Å². The Bertz CT molecular complexity index is 1190. The molecular formula is C19H16Cl2N6O2. The molecule has 0 saturated carbocycles. The minimum Gasteiger partial charge on any atom is -0.496 e. The molecule has 3 aromatic heterocycles. The Hall–Kier alpha value is -3.10. The topological polar surface area (TPSA) is 86.3 Å². The summed E-state index contributed by atoms with van der Waals surface area (Å²) >= 11 is 12.0. The third-order valence-corrected chi connectivity index (χ3v) is 4.67. The highest BCUT2D eigenvalue weighted by molar-refractivity contribution is 6.31. The molecule has 10 heteroatoms. The maximum Gasteiger partial charge on any atom is 0.261 e. The highest BCUT2D eigenvalue weighted by atomic mass is 35.5. The van der Waals surface area contributed by atoms with E-state index >= 15 is 0 Å². The van der Waals surface area contributed by atoms with Gasteiger partial charge in [-0.05, 0) is 24.3 Å². The first kappa shape index (κ1) is 19.2. The number of halogens is 2. The van der Waals surface area contributed by atoms with Crippen LogP contribution in [-0.2, 0) is 6.54 Å². The van der Waals surface area contributed by atoms with E-state index in [4.69, 9.17) is 27.9 Å². The highest BCUT2D eigenvalue weighted by Crippen LogP contribution is 2.36. The van der Waals surface area contributed by atoms with Crippen molar-refractivity contribution in [3.8, 4) is 17.0 Å². The van der Waals surface area contributed by atoms with Crippen molar-refractivity contribution in [1.82, 2.24) is 24.4 Å². The first-order valence-electron chi connectivity index (χ1n) is 8.67. The average molecular weight is 431 g/mol. The minimum atomic E-state index is -0.355. The van der Waals surface area contributed by atoms with Crippen molar-refractivity contribution < 1.29 is 9.53 Å². The largest absolute Gasteiger partial charge is 0.496 e. The lowest BCUT2D eigenvalue weighted by Gasteiger charge is -2.09. The van der Waals surface area contributed by atoms with Gasteiger partial charge in [0.1, 0.15) is 17.0 Å². The first-order valence-corrected chi connectivity index (χ1v) is 9.59. The Morgan fingerprint density at radius 1 is 1.34 bits per heavy atom. The number of rotatable bonds is 6. The molecule has 1 amide bonds. The van der Waals surface area contributed by atoms with Crippen molar-refractivity contribution in [3.63, 3.8) is 0 Å². The van der Waals surface area contributed by atoms with Crippen LogP contribution in [0.4, 0.5) is 5.69 Å². The molecule has 4 rings (SSSR count). The number of hydrogen-bond acceptors (Lipinski definition) is 5. The normalized spacial score (nSPS) is 11.0. The van der Waals surface area contributed by atoms with Crippen LogP contribution >= 0.6 is 23.2 Å². The van der Waals surface area contributed by atoms with E-state index in [2.05, 4.69) is 20.5 Å². The summed E-state index contributed by atoms with van der Waals surface area (Å²) in [4.78, 5) is 17.2. The second-order valence-corrected chi connectivity index (χ2v) is 6.90. The number of nitrogens with one attached hydrogen (secondary N) is 1. The fraction of sp³-hybridized carbons (Fsp3) is 0.158. The maximum atomic E-state index is 12.9. The average Bonchev–Trinajstić information content (AvgIpc) is 3.32. The zero-order valence-corrected chi connectivity index (χ0v) is 16.9. The summed E-state index contributed by atoms with van der Waals surface area (Å²) in [5.41, 5.74) is 2.48.